The number of hydrogen-bond acceptors (Lipinski definition) is 8. The van der Waals surface area contributed by atoms with Crippen LogP contribution in [0, 0.1) is 5.92 Å². The molecule has 4 rings (SSSR count). The first-order valence-corrected chi connectivity index (χ1v) is 12.7. The van der Waals surface area contributed by atoms with Crippen LogP contribution in [-0.2, 0) is 29.4 Å². The number of thioether (sulfide) groups is 1. The van der Waals surface area contributed by atoms with E-state index in [0.29, 0.717) is 33.0 Å². The first-order valence-electron chi connectivity index (χ1n) is 10.9. The van der Waals surface area contributed by atoms with E-state index < -0.39 is 12.6 Å². The van der Waals surface area contributed by atoms with Gasteiger partial charge in [0, 0.05) is 17.5 Å². The molecule has 2 heterocycles. The number of alkyl halides is 2. The van der Waals surface area contributed by atoms with Gasteiger partial charge in [-0.05, 0) is 55.0 Å². The van der Waals surface area contributed by atoms with E-state index in [1.807, 2.05) is 0 Å². The number of hydrogen-bond donors (Lipinski definition) is 1. The number of anilines is 1. The quantitative estimate of drug-likeness (QED) is 0.336. The number of amides is 1. The second kappa shape index (κ2) is 10.7. The standard InChI is InChI=1S/C23H24F2N4O4S2/c1-12-4-9-15-16(10-12)35-20(18(15)21(31)32-3)26-17(30)11-34-23-28-27-19(29(23)2)13-5-7-14(8-6-13)33-22(24)25/h5-8,12,22H,4,9-11H2,1-3H3,(H,26,30). The van der Waals surface area contributed by atoms with Crippen molar-refractivity contribution in [3.8, 4) is 17.1 Å². The highest BCUT2D eigenvalue weighted by atomic mass is 32.2. The lowest BCUT2D eigenvalue weighted by molar-refractivity contribution is -0.113. The fraction of sp³-hybridized carbons (Fsp3) is 0.391. The summed E-state index contributed by atoms with van der Waals surface area (Å²) in [6.45, 7) is -0.715. The van der Waals surface area contributed by atoms with Crippen LogP contribution in [0.15, 0.2) is 29.4 Å². The van der Waals surface area contributed by atoms with Crippen molar-refractivity contribution in [2.45, 2.75) is 38.0 Å². The number of aromatic nitrogens is 3. The summed E-state index contributed by atoms with van der Waals surface area (Å²) < 4.78 is 35.7. The van der Waals surface area contributed by atoms with Crippen LogP contribution in [0.5, 0.6) is 5.75 Å². The van der Waals surface area contributed by atoms with E-state index in [0.717, 1.165) is 29.7 Å². The van der Waals surface area contributed by atoms with Gasteiger partial charge in [-0.2, -0.15) is 8.78 Å². The van der Waals surface area contributed by atoms with Gasteiger partial charge in [0.1, 0.15) is 10.8 Å². The van der Waals surface area contributed by atoms with Gasteiger partial charge in [-0.1, -0.05) is 18.7 Å². The Hall–Kier alpha value is -2.99. The molecule has 186 valence electrons. The number of thiophene rings is 1. The van der Waals surface area contributed by atoms with Crippen LogP contribution in [0.1, 0.15) is 34.1 Å². The maximum absolute atomic E-state index is 12.7. The zero-order valence-corrected chi connectivity index (χ0v) is 21.0. The van der Waals surface area contributed by atoms with Crippen molar-refractivity contribution in [2.75, 3.05) is 18.2 Å². The second-order valence-electron chi connectivity index (χ2n) is 8.15. The van der Waals surface area contributed by atoms with E-state index in [2.05, 4.69) is 27.2 Å². The normalized spacial score (nSPS) is 15.1. The summed E-state index contributed by atoms with van der Waals surface area (Å²) in [6.07, 6.45) is 2.66. The molecule has 0 saturated heterocycles. The number of carbonyl (C=O) groups excluding carboxylic acids is 2. The Balaban J connectivity index is 1.43. The topological polar surface area (TPSA) is 95.3 Å². The fourth-order valence-corrected chi connectivity index (χ4v) is 6.05. The number of halogens is 2. The lowest BCUT2D eigenvalue weighted by Crippen LogP contribution is -2.17. The van der Waals surface area contributed by atoms with Crippen molar-refractivity contribution < 1.29 is 27.8 Å². The van der Waals surface area contributed by atoms with Crippen molar-refractivity contribution in [1.29, 1.82) is 0 Å². The van der Waals surface area contributed by atoms with E-state index >= 15 is 0 Å². The SMILES string of the molecule is COC(=O)c1c(NC(=O)CSc2nnc(-c3ccc(OC(F)F)cc3)n2C)sc2c1CCC(C)C2. The largest absolute Gasteiger partial charge is 0.465 e. The monoisotopic (exact) mass is 522 g/mol. The van der Waals surface area contributed by atoms with Gasteiger partial charge in [0.15, 0.2) is 11.0 Å². The minimum absolute atomic E-state index is 0.0493. The number of nitrogens with zero attached hydrogens (tertiary/aromatic N) is 3. The van der Waals surface area contributed by atoms with Crippen LogP contribution in [0.4, 0.5) is 13.8 Å². The van der Waals surface area contributed by atoms with Crippen LogP contribution in [0.3, 0.4) is 0 Å². The summed E-state index contributed by atoms with van der Waals surface area (Å²) in [4.78, 5) is 26.3. The van der Waals surface area contributed by atoms with Gasteiger partial charge in [-0.25, -0.2) is 4.79 Å². The zero-order valence-electron chi connectivity index (χ0n) is 19.3. The predicted molar refractivity (Wildman–Crippen MR) is 129 cm³/mol. The highest BCUT2D eigenvalue weighted by Crippen LogP contribution is 2.40. The Morgan fingerprint density at radius 3 is 2.71 bits per heavy atom. The Morgan fingerprint density at radius 2 is 2.03 bits per heavy atom. The molecule has 0 radical (unpaired) electrons. The Morgan fingerprint density at radius 1 is 1.29 bits per heavy atom. The molecule has 2 aromatic heterocycles. The van der Waals surface area contributed by atoms with E-state index in [-0.39, 0.29) is 17.4 Å². The molecule has 12 heteroatoms. The van der Waals surface area contributed by atoms with Gasteiger partial charge in [0.25, 0.3) is 0 Å². The molecule has 1 aliphatic carbocycles. The zero-order chi connectivity index (χ0) is 25.1. The van der Waals surface area contributed by atoms with Gasteiger partial charge in [-0.15, -0.1) is 21.5 Å². The van der Waals surface area contributed by atoms with Crippen molar-refractivity contribution in [3.63, 3.8) is 0 Å². The van der Waals surface area contributed by atoms with Crippen LogP contribution in [0.25, 0.3) is 11.4 Å². The molecule has 3 aromatic rings. The molecule has 1 amide bonds. The molecule has 0 spiro atoms. The van der Waals surface area contributed by atoms with E-state index in [9.17, 15) is 18.4 Å². The average Bonchev–Trinajstić information content (AvgIpc) is 3.36. The Labute approximate surface area is 209 Å². The number of ether oxygens (including phenoxy) is 2. The van der Waals surface area contributed by atoms with E-state index in [1.165, 1.54) is 42.3 Å². The smallest absolute Gasteiger partial charge is 0.387 e. The molecule has 1 atom stereocenters. The summed E-state index contributed by atoms with van der Waals surface area (Å²) in [5.41, 5.74) is 2.10. The number of esters is 1. The summed E-state index contributed by atoms with van der Waals surface area (Å²) in [6, 6.07) is 6.07. The summed E-state index contributed by atoms with van der Waals surface area (Å²) in [7, 11) is 3.09. The molecule has 1 aliphatic rings. The molecular weight excluding hydrogens is 498 g/mol. The first kappa shape index (κ1) is 25.1. The number of nitrogens with one attached hydrogen (secondary N) is 1. The van der Waals surface area contributed by atoms with Gasteiger partial charge < -0.3 is 19.4 Å². The summed E-state index contributed by atoms with van der Waals surface area (Å²) in [5, 5.41) is 12.2. The highest BCUT2D eigenvalue weighted by molar-refractivity contribution is 7.99. The molecule has 0 bridgehead atoms. The van der Waals surface area contributed by atoms with Crippen molar-refractivity contribution >= 4 is 40.0 Å². The Kier molecular flexibility index (Phi) is 7.70. The number of benzene rings is 1. The molecular formula is C23H24F2N4O4S2. The Bertz CT molecular complexity index is 1230. The van der Waals surface area contributed by atoms with Crippen LogP contribution >= 0.6 is 23.1 Å². The molecule has 0 fully saturated rings. The molecule has 1 aromatic carbocycles. The van der Waals surface area contributed by atoms with Crippen molar-refractivity contribution in [2.24, 2.45) is 13.0 Å². The number of rotatable bonds is 8. The first-order chi connectivity index (χ1) is 16.8. The summed E-state index contributed by atoms with van der Waals surface area (Å²) in [5.74, 6) is 0.446. The maximum Gasteiger partial charge on any atom is 0.387 e. The van der Waals surface area contributed by atoms with E-state index in [4.69, 9.17) is 4.74 Å². The number of carbonyl (C=O) groups is 2. The lowest BCUT2D eigenvalue weighted by Gasteiger charge is -2.18. The number of fused-ring (bicyclic) bond motifs is 1. The molecule has 35 heavy (non-hydrogen) atoms. The van der Waals surface area contributed by atoms with Gasteiger partial charge in [0.05, 0.1) is 18.4 Å². The van der Waals surface area contributed by atoms with Crippen molar-refractivity contribution in [3.05, 3.63) is 40.3 Å². The molecule has 8 nitrogen and oxygen atoms in total. The third kappa shape index (κ3) is 5.64. The third-order valence-electron chi connectivity index (χ3n) is 5.66. The summed E-state index contributed by atoms with van der Waals surface area (Å²) >= 11 is 2.63. The molecule has 0 saturated carbocycles. The van der Waals surface area contributed by atoms with E-state index in [1.54, 1.807) is 23.7 Å². The lowest BCUT2D eigenvalue weighted by atomic mass is 9.88. The molecule has 1 unspecified atom stereocenters. The fourth-order valence-electron chi connectivity index (χ4n) is 3.93. The van der Waals surface area contributed by atoms with Crippen LogP contribution in [-0.4, -0.2) is 46.1 Å². The molecule has 0 aliphatic heterocycles. The maximum atomic E-state index is 12.7. The minimum atomic E-state index is -2.89. The van der Waals surface area contributed by atoms with Crippen molar-refractivity contribution in [1.82, 2.24) is 14.8 Å². The minimum Gasteiger partial charge on any atom is -0.465 e. The predicted octanol–water partition coefficient (Wildman–Crippen LogP) is 4.79. The highest BCUT2D eigenvalue weighted by Gasteiger charge is 2.29. The van der Waals surface area contributed by atoms with Crippen LogP contribution in [0.2, 0.25) is 0 Å². The van der Waals surface area contributed by atoms with Gasteiger partial charge >= 0.3 is 12.6 Å². The average molecular weight is 523 g/mol. The molecule has 1 N–H and O–H groups in total. The van der Waals surface area contributed by atoms with Gasteiger partial charge in [-0.3, -0.25) is 4.79 Å². The second-order valence-corrected chi connectivity index (χ2v) is 10.2. The van der Waals surface area contributed by atoms with Crippen LogP contribution < -0.4 is 10.1 Å². The third-order valence-corrected chi connectivity index (χ3v) is 7.85. The number of methoxy groups -OCH3 is 1. The van der Waals surface area contributed by atoms with Gasteiger partial charge in [0.2, 0.25) is 5.91 Å².